The quantitative estimate of drug-likeness (QED) is 0.733. The van der Waals surface area contributed by atoms with E-state index in [1.54, 1.807) is 0 Å². The van der Waals surface area contributed by atoms with E-state index in [2.05, 4.69) is 40.4 Å². The number of rotatable bonds is 3. The van der Waals surface area contributed by atoms with Crippen molar-refractivity contribution in [3.05, 3.63) is 42.1 Å². The number of hydrogen-bond donors (Lipinski definition) is 0. The van der Waals surface area contributed by atoms with Crippen molar-refractivity contribution < 1.29 is 0 Å². The van der Waals surface area contributed by atoms with Crippen molar-refractivity contribution in [2.45, 2.75) is 45.6 Å². The highest BCUT2D eigenvalue weighted by molar-refractivity contribution is 5.76. The van der Waals surface area contributed by atoms with Gasteiger partial charge < -0.3 is 9.47 Å². The third-order valence-electron chi connectivity index (χ3n) is 5.04. The molecule has 0 spiro atoms. The zero-order valence-corrected chi connectivity index (χ0v) is 15.1. The number of piperidine rings is 1. The SMILES string of the molecule is Cc1nc2ccccc2nc1N1CCC(c2nncn2C(C)C)CC1. The third-order valence-corrected chi connectivity index (χ3v) is 5.04. The summed E-state index contributed by atoms with van der Waals surface area (Å²) in [6.07, 6.45) is 3.99. The van der Waals surface area contributed by atoms with E-state index < -0.39 is 0 Å². The van der Waals surface area contributed by atoms with Gasteiger partial charge in [-0.1, -0.05) is 12.1 Å². The van der Waals surface area contributed by atoms with E-state index in [1.165, 1.54) is 0 Å². The van der Waals surface area contributed by atoms with Crippen LogP contribution in [0.5, 0.6) is 0 Å². The second kappa shape index (κ2) is 6.43. The van der Waals surface area contributed by atoms with Gasteiger partial charge in [0, 0.05) is 25.0 Å². The van der Waals surface area contributed by atoms with Crippen molar-refractivity contribution in [2.75, 3.05) is 18.0 Å². The van der Waals surface area contributed by atoms with Crippen molar-refractivity contribution in [1.29, 1.82) is 0 Å². The maximum Gasteiger partial charge on any atom is 0.150 e. The molecule has 6 nitrogen and oxygen atoms in total. The second-order valence-electron chi connectivity index (χ2n) is 7.07. The van der Waals surface area contributed by atoms with Gasteiger partial charge in [-0.25, -0.2) is 9.97 Å². The smallest absolute Gasteiger partial charge is 0.150 e. The minimum atomic E-state index is 0.400. The second-order valence-corrected chi connectivity index (χ2v) is 7.07. The number of fused-ring (bicyclic) bond motifs is 1. The van der Waals surface area contributed by atoms with Crippen LogP contribution in [-0.4, -0.2) is 37.8 Å². The molecule has 25 heavy (non-hydrogen) atoms. The van der Waals surface area contributed by atoms with Crippen molar-refractivity contribution in [1.82, 2.24) is 24.7 Å². The van der Waals surface area contributed by atoms with Gasteiger partial charge in [-0.15, -0.1) is 10.2 Å². The van der Waals surface area contributed by atoms with Crippen LogP contribution in [0, 0.1) is 6.92 Å². The summed E-state index contributed by atoms with van der Waals surface area (Å²) in [7, 11) is 0. The van der Waals surface area contributed by atoms with Crippen LogP contribution < -0.4 is 4.90 Å². The van der Waals surface area contributed by atoms with E-state index in [0.717, 1.165) is 54.3 Å². The fourth-order valence-corrected chi connectivity index (χ4v) is 3.67. The van der Waals surface area contributed by atoms with Gasteiger partial charge in [0.1, 0.15) is 12.2 Å². The minimum absolute atomic E-state index is 0.400. The fourth-order valence-electron chi connectivity index (χ4n) is 3.67. The summed E-state index contributed by atoms with van der Waals surface area (Å²) in [5, 5.41) is 8.50. The Kier molecular flexibility index (Phi) is 4.11. The Balaban J connectivity index is 1.54. The van der Waals surface area contributed by atoms with Crippen molar-refractivity contribution >= 4 is 16.9 Å². The monoisotopic (exact) mass is 336 g/mol. The molecule has 1 aliphatic rings. The zero-order valence-electron chi connectivity index (χ0n) is 15.1. The Hall–Kier alpha value is -2.50. The van der Waals surface area contributed by atoms with Crippen LogP contribution in [0.4, 0.5) is 5.82 Å². The third kappa shape index (κ3) is 2.97. The summed E-state index contributed by atoms with van der Waals surface area (Å²) in [5.74, 6) is 2.60. The molecule has 2 aromatic heterocycles. The minimum Gasteiger partial charge on any atom is -0.355 e. The molecule has 0 saturated carbocycles. The van der Waals surface area contributed by atoms with E-state index >= 15 is 0 Å². The predicted octanol–water partition coefficient (Wildman–Crippen LogP) is 3.49. The molecule has 0 aliphatic carbocycles. The van der Waals surface area contributed by atoms with Crippen LogP contribution in [0.3, 0.4) is 0 Å². The van der Waals surface area contributed by atoms with Gasteiger partial charge >= 0.3 is 0 Å². The van der Waals surface area contributed by atoms with Gasteiger partial charge in [0.05, 0.1) is 16.7 Å². The summed E-state index contributed by atoms with van der Waals surface area (Å²) in [6, 6.07) is 8.47. The summed E-state index contributed by atoms with van der Waals surface area (Å²) in [5.41, 5.74) is 2.93. The molecule has 130 valence electrons. The normalized spacial score (nSPS) is 16.1. The van der Waals surface area contributed by atoms with Gasteiger partial charge in [0.2, 0.25) is 0 Å². The molecule has 1 fully saturated rings. The van der Waals surface area contributed by atoms with Crippen molar-refractivity contribution in [3.8, 4) is 0 Å². The lowest BCUT2D eigenvalue weighted by molar-refractivity contribution is 0.447. The maximum atomic E-state index is 4.86. The first-order valence-electron chi connectivity index (χ1n) is 9.01. The average Bonchev–Trinajstić information content (AvgIpc) is 3.11. The Morgan fingerprint density at radius 3 is 2.40 bits per heavy atom. The molecule has 0 bridgehead atoms. The number of aryl methyl sites for hydroxylation is 1. The molecule has 1 saturated heterocycles. The summed E-state index contributed by atoms with van der Waals surface area (Å²) in [6.45, 7) is 8.36. The van der Waals surface area contributed by atoms with E-state index in [4.69, 9.17) is 9.97 Å². The molecular weight excluding hydrogens is 312 g/mol. The molecule has 0 amide bonds. The predicted molar refractivity (Wildman–Crippen MR) is 98.9 cm³/mol. The highest BCUT2D eigenvalue weighted by atomic mass is 15.3. The van der Waals surface area contributed by atoms with Gasteiger partial charge in [0.25, 0.3) is 0 Å². The lowest BCUT2D eigenvalue weighted by Crippen LogP contribution is -2.35. The summed E-state index contributed by atoms with van der Waals surface area (Å²) in [4.78, 5) is 12.0. The van der Waals surface area contributed by atoms with Gasteiger partial charge in [-0.2, -0.15) is 0 Å². The van der Waals surface area contributed by atoms with E-state index in [9.17, 15) is 0 Å². The highest BCUT2D eigenvalue weighted by Gasteiger charge is 2.26. The topological polar surface area (TPSA) is 59.7 Å². The maximum absolute atomic E-state index is 4.86. The number of hydrogen-bond acceptors (Lipinski definition) is 5. The molecule has 0 unspecified atom stereocenters. The lowest BCUT2D eigenvalue weighted by atomic mass is 9.95. The number of nitrogens with zero attached hydrogens (tertiary/aromatic N) is 6. The molecule has 4 rings (SSSR count). The summed E-state index contributed by atoms with van der Waals surface area (Å²) < 4.78 is 2.20. The van der Waals surface area contributed by atoms with Gasteiger partial charge in [-0.05, 0) is 45.7 Å². The molecule has 1 aliphatic heterocycles. The number of para-hydroxylation sites is 2. The van der Waals surface area contributed by atoms with Crippen molar-refractivity contribution in [3.63, 3.8) is 0 Å². The molecule has 3 heterocycles. The molecule has 0 N–H and O–H groups in total. The molecule has 0 atom stereocenters. The van der Waals surface area contributed by atoms with Crippen LogP contribution >= 0.6 is 0 Å². The van der Waals surface area contributed by atoms with Gasteiger partial charge in [-0.3, -0.25) is 0 Å². The van der Waals surface area contributed by atoms with Crippen LogP contribution in [-0.2, 0) is 0 Å². The van der Waals surface area contributed by atoms with Crippen LogP contribution in [0.15, 0.2) is 30.6 Å². The standard InChI is InChI=1S/C19H24N6/c1-13(2)25-12-20-23-19(25)15-8-10-24(11-9-15)18-14(3)21-16-6-4-5-7-17(16)22-18/h4-7,12-13,15H,8-11H2,1-3H3. The molecular formula is C19H24N6. The first-order chi connectivity index (χ1) is 12.1. The first kappa shape index (κ1) is 16.0. The Labute approximate surface area is 147 Å². The summed E-state index contributed by atoms with van der Waals surface area (Å²) >= 11 is 0. The van der Waals surface area contributed by atoms with Crippen molar-refractivity contribution in [2.24, 2.45) is 0 Å². The van der Waals surface area contributed by atoms with E-state index in [0.29, 0.717) is 12.0 Å². The van der Waals surface area contributed by atoms with Crippen LogP contribution in [0.1, 0.15) is 50.2 Å². The Bertz CT molecular complexity index is 877. The van der Waals surface area contributed by atoms with Crippen LogP contribution in [0.2, 0.25) is 0 Å². The largest absolute Gasteiger partial charge is 0.355 e. The van der Waals surface area contributed by atoms with E-state index in [-0.39, 0.29) is 0 Å². The van der Waals surface area contributed by atoms with E-state index in [1.807, 2.05) is 30.6 Å². The fraction of sp³-hybridized carbons (Fsp3) is 0.474. The lowest BCUT2D eigenvalue weighted by Gasteiger charge is -2.33. The number of anilines is 1. The molecule has 0 radical (unpaired) electrons. The number of aromatic nitrogens is 5. The molecule has 1 aromatic carbocycles. The molecule has 3 aromatic rings. The number of benzene rings is 1. The van der Waals surface area contributed by atoms with Crippen LogP contribution in [0.25, 0.3) is 11.0 Å². The Morgan fingerprint density at radius 2 is 1.72 bits per heavy atom. The highest BCUT2D eigenvalue weighted by Crippen LogP contribution is 2.31. The average molecular weight is 336 g/mol. The Morgan fingerprint density at radius 1 is 1.04 bits per heavy atom. The zero-order chi connectivity index (χ0) is 17.4. The van der Waals surface area contributed by atoms with Gasteiger partial charge in [0.15, 0.2) is 5.82 Å². The molecule has 6 heteroatoms. The first-order valence-corrected chi connectivity index (χ1v) is 9.01.